The molecule has 0 heterocycles. The van der Waals surface area contributed by atoms with Crippen LogP contribution in [0.4, 0.5) is 4.39 Å². The van der Waals surface area contributed by atoms with Crippen molar-refractivity contribution in [1.82, 2.24) is 0 Å². The molecule has 0 atom stereocenters. The van der Waals surface area contributed by atoms with E-state index in [1.54, 1.807) is 6.07 Å². The SMILES string of the molecule is Cc1cc(OCc2ccc(F)cc2C)ccc1Br. The summed E-state index contributed by atoms with van der Waals surface area (Å²) in [5.41, 5.74) is 3.03. The van der Waals surface area contributed by atoms with Crippen molar-refractivity contribution in [2.45, 2.75) is 20.5 Å². The first-order valence-electron chi connectivity index (χ1n) is 5.70. The van der Waals surface area contributed by atoms with Gasteiger partial charge in [0, 0.05) is 4.47 Å². The van der Waals surface area contributed by atoms with Crippen LogP contribution in [-0.4, -0.2) is 0 Å². The molecule has 0 saturated heterocycles. The van der Waals surface area contributed by atoms with E-state index in [9.17, 15) is 4.39 Å². The van der Waals surface area contributed by atoms with Gasteiger partial charge in [0.2, 0.25) is 0 Å². The number of rotatable bonds is 3. The van der Waals surface area contributed by atoms with Crippen LogP contribution in [0.15, 0.2) is 40.9 Å². The summed E-state index contributed by atoms with van der Waals surface area (Å²) in [6.07, 6.45) is 0. The molecule has 0 fully saturated rings. The summed E-state index contributed by atoms with van der Waals surface area (Å²) in [5.74, 6) is 0.607. The predicted octanol–water partition coefficient (Wildman–Crippen LogP) is 4.78. The van der Waals surface area contributed by atoms with Crippen molar-refractivity contribution in [3.63, 3.8) is 0 Å². The van der Waals surface area contributed by atoms with E-state index in [1.165, 1.54) is 12.1 Å². The molecule has 0 N–H and O–H groups in total. The monoisotopic (exact) mass is 308 g/mol. The second-order valence-corrected chi connectivity index (χ2v) is 5.12. The predicted molar refractivity (Wildman–Crippen MR) is 74.3 cm³/mol. The second-order valence-electron chi connectivity index (χ2n) is 4.27. The van der Waals surface area contributed by atoms with Crippen LogP contribution < -0.4 is 4.74 Å². The summed E-state index contributed by atoms with van der Waals surface area (Å²) in [7, 11) is 0. The molecule has 18 heavy (non-hydrogen) atoms. The van der Waals surface area contributed by atoms with Crippen LogP contribution in [0, 0.1) is 19.7 Å². The fraction of sp³-hybridized carbons (Fsp3) is 0.200. The van der Waals surface area contributed by atoms with Crippen molar-refractivity contribution in [1.29, 1.82) is 0 Å². The van der Waals surface area contributed by atoms with Gasteiger partial charge in [0.05, 0.1) is 0 Å². The highest BCUT2D eigenvalue weighted by molar-refractivity contribution is 9.10. The minimum atomic E-state index is -0.212. The van der Waals surface area contributed by atoms with Crippen molar-refractivity contribution >= 4 is 15.9 Å². The van der Waals surface area contributed by atoms with Crippen molar-refractivity contribution in [2.24, 2.45) is 0 Å². The van der Waals surface area contributed by atoms with Crippen molar-refractivity contribution in [3.05, 3.63) is 63.4 Å². The zero-order valence-corrected chi connectivity index (χ0v) is 11.9. The highest BCUT2D eigenvalue weighted by Gasteiger charge is 2.02. The molecule has 1 nitrogen and oxygen atoms in total. The third-order valence-corrected chi connectivity index (χ3v) is 3.72. The van der Waals surface area contributed by atoms with Crippen LogP contribution >= 0.6 is 15.9 Å². The van der Waals surface area contributed by atoms with E-state index in [0.29, 0.717) is 6.61 Å². The first kappa shape index (κ1) is 13.1. The Balaban J connectivity index is 2.09. The summed E-state index contributed by atoms with van der Waals surface area (Å²) < 4.78 is 19.7. The Kier molecular flexibility index (Phi) is 4.02. The van der Waals surface area contributed by atoms with Crippen LogP contribution in [0.5, 0.6) is 5.75 Å². The molecule has 0 bridgehead atoms. The summed E-state index contributed by atoms with van der Waals surface area (Å²) in [6, 6.07) is 10.6. The Labute approximate surface area is 115 Å². The van der Waals surface area contributed by atoms with Gasteiger partial charge in [0.25, 0.3) is 0 Å². The molecule has 2 aromatic carbocycles. The molecule has 0 amide bonds. The van der Waals surface area contributed by atoms with Gasteiger partial charge in [-0.1, -0.05) is 22.0 Å². The van der Waals surface area contributed by atoms with E-state index in [2.05, 4.69) is 15.9 Å². The third kappa shape index (κ3) is 3.10. The van der Waals surface area contributed by atoms with E-state index in [4.69, 9.17) is 4.74 Å². The normalized spacial score (nSPS) is 10.4. The molecule has 0 saturated carbocycles. The summed E-state index contributed by atoms with van der Waals surface area (Å²) >= 11 is 3.45. The highest BCUT2D eigenvalue weighted by atomic mass is 79.9. The van der Waals surface area contributed by atoms with E-state index in [-0.39, 0.29) is 5.82 Å². The standard InChI is InChI=1S/C15H14BrFO/c1-10-7-13(17)4-3-12(10)9-18-14-5-6-15(16)11(2)8-14/h3-8H,9H2,1-2H3. The maximum absolute atomic E-state index is 13.0. The molecule has 2 aromatic rings. The maximum Gasteiger partial charge on any atom is 0.123 e. The lowest BCUT2D eigenvalue weighted by atomic mass is 10.1. The molecule has 0 aliphatic heterocycles. The highest BCUT2D eigenvalue weighted by Crippen LogP contribution is 2.22. The molecular weight excluding hydrogens is 295 g/mol. The first-order chi connectivity index (χ1) is 8.56. The zero-order valence-electron chi connectivity index (χ0n) is 10.3. The lowest BCUT2D eigenvalue weighted by Crippen LogP contribution is -1.98. The molecule has 0 radical (unpaired) electrons. The summed E-state index contributed by atoms with van der Waals surface area (Å²) in [4.78, 5) is 0. The molecule has 3 heteroatoms. The molecular formula is C15H14BrFO. The molecule has 0 spiro atoms. The molecule has 94 valence electrons. The van der Waals surface area contributed by atoms with Gasteiger partial charge >= 0.3 is 0 Å². The summed E-state index contributed by atoms with van der Waals surface area (Å²) in [5, 5.41) is 0. The van der Waals surface area contributed by atoms with Gasteiger partial charge in [-0.2, -0.15) is 0 Å². The van der Waals surface area contributed by atoms with E-state index in [0.717, 1.165) is 26.9 Å². The van der Waals surface area contributed by atoms with Gasteiger partial charge in [0.1, 0.15) is 18.2 Å². The average molecular weight is 309 g/mol. The van der Waals surface area contributed by atoms with Gasteiger partial charge in [-0.05, 0) is 60.9 Å². The lowest BCUT2D eigenvalue weighted by Gasteiger charge is -2.10. The van der Waals surface area contributed by atoms with Crippen molar-refractivity contribution < 1.29 is 9.13 Å². The largest absolute Gasteiger partial charge is 0.489 e. The quantitative estimate of drug-likeness (QED) is 0.792. The van der Waals surface area contributed by atoms with Crippen LogP contribution in [0.3, 0.4) is 0 Å². The van der Waals surface area contributed by atoms with Gasteiger partial charge in [-0.15, -0.1) is 0 Å². The van der Waals surface area contributed by atoms with Crippen LogP contribution in [0.2, 0.25) is 0 Å². The van der Waals surface area contributed by atoms with Gasteiger partial charge < -0.3 is 4.74 Å². The fourth-order valence-corrected chi connectivity index (χ4v) is 1.94. The number of halogens is 2. The third-order valence-electron chi connectivity index (χ3n) is 2.83. The average Bonchev–Trinajstić information content (AvgIpc) is 2.32. The number of aryl methyl sites for hydroxylation is 2. The Hall–Kier alpha value is -1.35. The van der Waals surface area contributed by atoms with Crippen LogP contribution in [-0.2, 0) is 6.61 Å². The van der Waals surface area contributed by atoms with Crippen LogP contribution in [0.25, 0.3) is 0 Å². The van der Waals surface area contributed by atoms with Gasteiger partial charge in [-0.3, -0.25) is 0 Å². The number of ether oxygens (including phenoxy) is 1. The molecule has 0 aliphatic rings. The molecule has 0 unspecified atom stereocenters. The Morgan fingerprint density at radius 2 is 1.83 bits per heavy atom. The fourth-order valence-electron chi connectivity index (χ4n) is 1.69. The number of benzene rings is 2. The minimum absolute atomic E-state index is 0.212. The number of hydrogen-bond donors (Lipinski definition) is 0. The van der Waals surface area contributed by atoms with Crippen molar-refractivity contribution in [3.8, 4) is 5.75 Å². The van der Waals surface area contributed by atoms with Gasteiger partial charge in [-0.25, -0.2) is 4.39 Å². The topological polar surface area (TPSA) is 9.23 Å². The molecule has 0 aliphatic carbocycles. The smallest absolute Gasteiger partial charge is 0.123 e. The Morgan fingerprint density at radius 1 is 1.06 bits per heavy atom. The molecule has 2 rings (SSSR count). The maximum atomic E-state index is 13.0. The second kappa shape index (κ2) is 5.53. The van der Waals surface area contributed by atoms with Gasteiger partial charge in [0.15, 0.2) is 0 Å². The number of hydrogen-bond acceptors (Lipinski definition) is 1. The van der Waals surface area contributed by atoms with E-state index < -0.39 is 0 Å². The molecule has 0 aromatic heterocycles. The van der Waals surface area contributed by atoms with Crippen molar-refractivity contribution in [2.75, 3.05) is 0 Å². The van der Waals surface area contributed by atoms with Crippen LogP contribution in [0.1, 0.15) is 16.7 Å². The Bertz CT molecular complexity index is 566. The van der Waals surface area contributed by atoms with E-state index >= 15 is 0 Å². The summed E-state index contributed by atoms with van der Waals surface area (Å²) in [6.45, 7) is 4.35. The lowest BCUT2D eigenvalue weighted by molar-refractivity contribution is 0.305. The first-order valence-corrected chi connectivity index (χ1v) is 6.49. The Morgan fingerprint density at radius 3 is 2.50 bits per heavy atom. The zero-order chi connectivity index (χ0) is 13.1. The van der Waals surface area contributed by atoms with E-state index in [1.807, 2.05) is 32.0 Å². The minimum Gasteiger partial charge on any atom is -0.489 e.